The number of likely N-dealkylation sites (N-methyl/N-ethyl adjacent to an activating group) is 1. The van der Waals surface area contributed by atoms with Gasteiger partial charge in [-0.3, -0.25) is 9.59 Å². The van der Waals surface area contributed by atoms with Crippen molar-refractivity contribution in [2.24, 2.45) is 7.05 Å². The fourth-order valence-corrected chi connectivity index (χ4v) is 4.24. The molecule has 0 radical (unpaired) electrons. The van der Waals surface area contributed by atoms with Crippen LogP contribution < -0.4 is 25.8 Å². The first-order valence-electron chi connectivity index (χ1n) is 10.6. The number of aryl methyl sites for hydroxylation is 1. The number of pyridine rings is 1. The first-order chi connectivity index (χ1) is 16.2. The maximum atomic E-state index is 14.1. The zero-order chi connectivity index (χ0) is 24.5. The van der Waals surface area contributed by atoms with Crippen LogP contribution in [0.5, 0.6) is 5.75 Å². The van der Waals surface area contributed by atoms with Crippen LogP contribution in [0.25, 0.3) is 10.9 Å². The Kier molecular flexibility index (Phi) is 7.12. The standard InChI is InChI=1S/C22H23ClFIN6O3/c1-26-18(32)12-34-17-10-13-9-14(3-4-16(13)30(2)20(17)33)28-19-15(23)11-27-21(29-19)31-7-5-22(24,25)6-8-31/h3-4,9-11H,5-8,12H2,1-2H3,(H,26,32)(H,27,28,29). The average molecular weight is 601 g/mol. The number of benzene rings is 1. The predicted molar refractivity (Wildman–Crippen MR) is 138 cm³/mol. The van der Waals surface area contributed by atoms with E-state index in [9.17, 15) is 14.0 Å². The van der Waals surface area contributed by atoms with E-state index in [1.807, 2.05) is 33.6 Å². The van der Waals surface area contributed by atoms with E-state index in [1.54, 1.807) is 25.2 Å². The maximum Gasteiger partial charge on any atom is 0.293 e. The summed E-state index contributed by atoms with van der Waals surface area (Å²) in [5.41, 5.74) is 1.04. The molecule has 1 aliphatic heterocycles. The number of anilines is 3. The number of alkyl halides is 2. The van der Waals surface area contributed by atoms with E-state index in [4.69, 9.17) is 16.3 Å². The summed E-state index contributed by atoms with van der Waals surface area (Å²) < 4.78 is 19.8. The van der Waals surface area contributed by atoms with Crippen molar-refractivity contribution in [1.82, 2.24) is 19.9 Å². The number of carbonyl (C=O) groups is 1. The van der Waals surface area contributed by atoms with Crippen LogP contribution in [0.2, 0.25) is 5.02 Å². The van der Waals surface area contributed by atoms with Crippen LogP contribution in [-0.4, -0.2) is 50.9 Å². The molecule has 3 heterocycles. The minimum absolute atomic E-state index is 0.0717. The number of nitrogens with zero attached hydrogens (tertiary/aromatic N) is 4. The summed E-state index contributed by atoms with van der Waals surface area (Å²) in [5, 5.41) is 6.71. The molecule has 0 bridgehead atoms. The lowest BCUT2D eigenvalue weighted by Gasteiger charge is -2.33. The summed E-state index contributed by atoms with van der Waals surface area (Å²) in [7, 11) is 3.13. The topological polar surface area (TPSA) is 101 Å². The lowest BCUT2D eigenvalue weighted by Crippen LogP contribution is -2.39. The van der Waals surface area contributed by atoms with E-state index >= 15 is 0 Å². The Balaban J connectivity index is 1.60. The average Bonchev–Trinajstić information content (AvgIpc) is 2.81. The molecular formula is C22H23ClFIN6O3. The Bertz CT molecular complexity index is 1290. The molecule has 1 aromatic carbocycles. The monoisotopic (exact) mass is 600 g/mol. The third-order valence-electron chi connectivity index (χ3n) is 5.60. The number of halogens is 3. The molecule has 34 heavy (non-hydrogen) atoms. The van der Waals surface area contributed by atoms with Crippen LogP contribution in [-0.2, 0) is 11.8 Å². The molecule has 0 spiro atoms. The summed E-state index contributed by atoms with van der Waals surface area (Å²) in [5.74, 6) is 0.629. The van der Waals surface area contributed by atoms with Crippen LogP contribution in [0.3, 0.4) is 0 Å². The molecule has 0 aliphatic carbocycles. The molecule has 180 valence electrons. The SMILES string of the molecule is CNC(=O)COc1cc2cc(Nc3nc(N4CCC(F)(I)CC4)ncc3Cl)ccc2n(C)c1=O. The van der Waals surface area contributed by atoms with Crippen molar-refractivity contribution in [3.63, 3.8) is 0 Å². The maximum absolute atomic E-state index is 14.1. The molecule has 1 fully saturated rings. The molecule has 4 rings (SSSR count). The van der Waals surface area contributed by atoms with Gasteiger partial charge in [-0.05, 0) is 46.9 Å². The molecule has 0 atom stereocenters. The number of rotatable bonds is 6. The van der Waals surface area contributed by atoms with Gasteiger partial charge in [0.25, 0.3) is 11.5 Å². The molecule has 9 nitrogen and oxygen atoms in total. The molecule has 0 saturated carbocycles. The van der Waals surface area contributed by atoms with Crippen molar-refractivity contribution in [3.8, 4) is 5.75 Å². The summed E-state index contributed by atoms with van der Waals surface area (Å²) >= 11 is 8.19. The Morgan fingerprint density at radius 2 is 2.06 bits per heavy atom. The predicted octanol–water partition coefficient (Wildman–Crippen LogP) is 3.55. The van der Waals surface area contributed by atoms with E-state index in [0.717, 1.165) is 5.39 Å². The Morgan fingerprint density at radius 1 is 1.32 bits per heavy atom. The lowest BCUT2D eigenvalue weighted by molar-refractivity contribution is -0.122. The molecule has 1 amide bonds. The van der Waals surface area contributed by atoms with E-state index in [1.165, 1.54) is 17.8 Å². The normalized spacial score (nSPS) is 15.3. The smallest absolute Gasteiger partial charge is 0.293 e. The van der Waals surface area contributed by atoms with Gasteiger partial charge in [0.15, 0.2) is 21.8 Å². The fraction of sp³-hybridized carbons (Fsp3) is 0.364. The molecule has 0 unspecified atom stereocenters. The van der Waals surface area contributed by atoms with Crippen molar-refractivity contribution in [1.29, 1.82) is 0 Å². The zero-order valence-electron chi connectivity index (χ0n) is 18.6. The van der Waals surface area contributed by atoms with E-state index in [2.05, 4.69) is 20.6 Å². The Morgan fingerprint density at radius 3 is 2.76 bits per heavy atom. The minimum atomic E-state index is -1.20. The van der Waals surface area contributed by atoms with Gasteiger partial charge < -0.3 is 24.8 Å². The third-order valence-corrected chi connectivity index (χ3v) is 6.96. The van der Waals surface area contributed by atoms with Crippen molar-refractivity contribution < 1.29 is 13.9 Å². The highest BCUT2D eigenvalue weighted by atomic mass is 127. The lowest BCUT2D eigenvalue weighted by atomic mass is 10.1. The highest BCUT2D eigenvalue weighted by Crippen LogP contribution is 2.35. The van der Waals surface area contributed by atoms with Gasteiger partial charge in [-0.1, -0.05) is 11.6 Å². The van der Waals surface area contributed by atoms with Crippen molar-refractivity contribution >= 4 is 68.5 Å². The van der Waals surface area contributed by atoms with Crippen LogP contribution in [0, 0.1) is 0 Å². The van der Waals surface area contributed by atoms with Gasteiger partial charge in [-0.2, -0.15) is 4.98 Å². The summed E-state index contributed by atoms with van der Waals surface area (Å²) in [4.78, 5) is 34.9. The number of fused-ring (bicyclic) bond motifs is 1. The van der Waals surface area contributed by atoms with Crippen LogP contribution in [0.4, 0.5) is 21.8 Å². The number of hydrogen-bond acceptors (Lipinski definition) is 7. The van der Waals surface area contributed by atoms with E-state index in [-0.39, 0.29) is 23.8 Å². The number of hydrogen-bond donors (Lipinski definition) is 2. The summed E-state index contributed by atoms with van der Waals surface area (Å²) in [6, 6.07) is 7.02. The highest BCUT2D eigenvalue weighted by Gasteiger charge is 2.32. The van der Waals surface area contributed by atoms with Crippen LogP contribution in [0.1, 0.15) is 12.8 Å². The second-order valence-corrected chi connectivity index (χ2v) is 10.3. The van der Waals surface area contributed by atoms with Crippen molar-refractivity contribution in [3.05, 3.63) is 45.8 Å². The van der Waals surface area contributed by atoms with Gasteiger partial charge in [0.2, 0.25) is 5.95 Å². The van der Waals surface area contributed by atoms with Crippen molar-refractivity contribution in [2.45, 2.75) is 16.5 Å². The molecule has 3 aromatic rings. The molecular weight excluding hydrogens is 578 g/mol. The number of piperidine rings is 1. The molecule has 12 heteroatoms. The zero-order valence-corrected chi connectivity index (χ0v) is 21.5. The third kappa shape index (κ3) is 5.35. The summed E-state index contributed by atoms with van der Waals surface area (Å²) in [6.07, 6.45) is 2.31. The second-order valence-electron chi connectivity index (χ2n) is 7.94. The van der Waals surface area contributed by atoms with Gasteiger partial charge >= 0.3 is 0 Å². The van der Waals surface area contributed by atoms with Crippen LogP contribution >= 0.6 is 34.2 Å². The van der Waals surface area contributed by atoms with Gasteiger partial charge in [-0.25, -0.2) is 9.37 Å². The second kappa shape index (κ2) is 9.90. The van der Waals surface area contributed by atoms with Crippen LogP contribution in [0.15, 0.2) is 35.3 Å². The number of nitrogens with one attached hydrogen (secondary N) is 2. The molecule has 1 aliphatic rings. The molecule has 1 saturated heterocycles. The van der Waals surface area contributed by atoms with Gasteiger partial charge in [-0.15, -0.1) is 0 Å². The quantitative estimate of drug-likeness (QED) is 0.330. The van der Waals surface area contributed by atoms with Gasteiger partial charge in [0.05, 0.1) is 11.7 Å². The van der Waals surface area contributed by atoms with Gasteiger partial charge in [0, 0.05) is 51.1 Å². The number of ether oxygens (including phenoxy) is 1. The molecule has 2 N–H and O–H groups in total. The number of amides is 1. The fourth-order valence-electron chi connectivity index (χ4n) is 3.62. The first-order valence-corrected chi connectivity index (χ1v) is 12.0. The van der Waals surface area contributed by atoms with E-state index in [0.29, 0.717) is 53.9 Å². The van der Waals surface area contributed by atoms with Crippen molar-refractivity contribution in [2.75, 3.05) is 37.0 Å². The van der Waals surface area contributed by atoms with Gasteiger partial charge in [0.1, 0.15) is 5.02 Å². The number of carbonyl (C=O) groups excluding carboxylic acids is 1. The molecule has 2 aromatic heterocycles. The van der Waals surface area contributed by atoms with E-state index < -0.39 is 3.68 Å². The number of aromatic nitrogens is 3. The highest BCUT2D eigenvalue weighted by molar-refractivity contribution is 14.1. The summed E-state index contributed by atoms with van der Waals surface area (Å²) in [6.45, 7) is 0.777. The minimum Gasteiger partial charge on any atom is -0.478 e. The largest absolute Gasteiger partial charge is 0.478 e. The Labute approximate surface area is 213 Å². The Hall–Kier alpha value is -2.67. The first kappa shape index (κ1) is 24.5.